The summed E-state index contributed by atoms with van der Waals surface area (Å²) >= 11 is 0. The Labute approximate surface area is 133 Å². The van der Waals surface area contributed by atoms with E-state index in [0.717, 1.165) is 6.42 Å². The van der Waals surface area contributed by atoms with Gasteiger partial charge in [0.1, 0.15) is 0 Å². The summed E-state index contributed by atoms with van der Waals surface area (Å²) in [6.45, 7) is 5.72. The van der Waals surface area contributed by atoms with Crippen molar-refractivity contribution in [3.05, 3.63) is 37.3 Å². The third-order valence-corrected chi connectivity index (χ3v) is 0.909. The molecule has 0 nitrogen and oxygen atoms in total. The molecule has 1 rings (SSSR count). The Morgan fingerprint density at radius 3 is 1.46 bits per heavy atom. The van der Waals surface area contributed by atoms with E-state index in [-0.39, 0.29) is 77.1 Å². The Morgan fingerprint density at radius 1 is 1.08 bits per heavy atom. The first kappa shape index (κ1) is 29.3. The molecule has 0 fully saturated rings. The Morgan fingerprint density at radius 2 is 1.38 bits per heavy atom. The van der Waals surface area contributed by atoms with E-state index in [9.17, 15) is 0 Å². The van der Waals surface area contributed by atoms with Crippen molar-refractivity contribution in [2.45, 2.75) is 19.8 Å². The summed E-state index contributed by atoms with van der Waals surface area (Å²) in [5.74, 6) is 0. The SMILES string of the molecule is [Br-].[Br-].[Br-].[CH2-]CCC.[Zr+3].c1cc[cH-]c1. The van der Waals surface area contributed by atoms with E-state index in [1.54, 1.807) is 0 Å². The van der Waals surface area contributed by atoms with Crippen molar-refractivity contribution >= 4 is 0 Å². The molecule has 0 amide bonds. The number of rotatable bonds is 1. The average molecular weight is 453 g/mol. The quantitative estimate of drug-likeness (QED) is 0.372. The number of unbranched alkanes of at least 4 members (excludes halogenated alkanes) is 1. The van der Waals surface area contributed by atoms with Gasteiger partial charge in [-0.2, -0.15) is 24.6 Å². The molecule has 1 aromatic rings. The van der Waals surface area contributed by atoms with Gasteiger partial charge >= 0.3 is 26.2 Å². The molecule has 0 atom stereocenters. The Bertz CT molecular complexity index is 90.4. The first-order valence-corrected chi connectivity index (χ1v) is 3.37. The molecule has 4 heteroatoms. The standard InChI is InChI=1S/C5H5.C4H9.3BrH.Zr/c1-2-4-5-3-1;1-3-4-2;;;;/h1-5H;1,3-4H2,2H3;3*1H;/q2*-1;;;;+3/p-3. The van der Waals surface area contributed by atoms with E-state index in [2.05, 4.69) is 13.8 Å². The molecule has 0 heterocycles. The summed E-state index contributed by atoms with van der Waals surface area (Å²) < 4.78 is 0. The van der Waals surface area contributed by atoms with Gasteiger partial charge in [-0.1, -0.05) is 13.3 Å². The molecule has 0 aliphatic carbocycles. The number of hydrogen-bond donors (Lipinski definition) is 0. The van der Waals surface area contributed by atoms with E-state index in [4.69, 9.17) is 0 Å². The van der Waals surface area contributed by atoms with Crippen LogP contribution in [0.5, 0.6) is 0 Å². The van der Waals surface area contributed by atoms with Crippen molar-refractivity contribution in [1.29, 1.82) is 0 Å². The van der Waals surface area contributed by atoms with Gasteiger partial charge in [0.2, 0.25) is 0 Å². The van der Waals surface area contributed by atoms with Gasteiger partial charge in [-0.3, -0.25) is 0 Å². The van der Waals surface area contributed by atoms with Crippen LogP contribution < -0.4 is 50.9 Å². The van der Waals surface area contributed by atoms with Crippen molar-refractivity contribution in [1.82, 2.24) is 0 Å². The fourth-order valence-electron chi connectivity index (χ4n) is 0.321. The van der Waals surface area contributed by atoms with Crippen LogP contribution in [0.25, 0.3) is 0 Å². The molecule has 0 saturated carbocycles. The summed E-state index contributed by atoms with van der Waals surface area (Å²) in [4.78, 5) is 0. The van der Waals surface area contributed by atoms with Gasteiger partial charge in [0.05, 0.1) is 0 Å². The molecule has 0 aliphatic rings. The smallest absolute Gasteiger partial charge is 1.00 e. The zero-order chi connectivity index (χ0) is 6.95. The fourth-order valence-corrected chi connectivity index (χ4v) is 0.321. The normalized spacial score (nSPS) is 5.38. The first-order chi connectivity index (χ1) is 4.41. The van der Waals surface area contributed by atoms with E-state index in [1.807, 2.05) is 30.3 Å². The van der Waals surface area contributed by atoms with Crippen molar-refractivity contribution in [3.63, 3.8) is 0 Å². The van der Waals surface area contributed by atoms with Gasteiger partial charge in [-0.15, -0.1) is 0 Å². The fraction of sp³-hybridized carbons (Fsp3) is 0.333. The summed E-state index contributed by atoms with van der Waals surface area (Å²) in [5, 5.41) is 0. The second-order valence-corrected chi connectivity index (χ2v) is 1.82. The van der Waals surface area contributed by atoms with Crippen LogP contribution in [0.2, 0.25) is 0 Å². The van der Waals surface area contributed by atoms with Gasteiger partial charge in [0.15, 0.2) is 0 Å². The predicted molar refractivity (Wildman–Crippen MR) is 42.3 cm³/mol. The van der Waals surface area contributed by atoms with Crippen molar-refractivity contribution in [2.75, 3.05) is 0 Å². The van der Waals surface area contributed by atoms with Crippen molar-refractivity contribution in [2.24, 2.45) is 0 Å². The molecular weight excluding hydrogens is 439 g/mol. The van der Waals surface area contributed by atoms with Crippen LogP contribution in [0, 0.1) is 6.92 Å². The second-order valence-electron chi connectivity index (χ2n) is 1.82. The molecule has 0 N–H and O–H groups in total. The minimum Gasteiger partial charge on any atom is -1.00 e. The minimum absolute atomic E-state index is 0. The minimum atomic E-state index is 0. The van der Waals surface area contributed by atoms with Crippen LogP contribution in [-0.4, -0.2) is 0 Å². The predicted octanol–water partition coefficient (Wildman–Crippen LogP) is -5.96. The summed E-state index contributed by atoms with van der Waals surface area (Å²) in [5.41, 5.74) is 0. The molecule has 13 heavy (non-hydrogen) atoms. The van der Waals surface area contributed by atoms with E-state index in [0.29, 0.717) is 0 Å². The third kappa shape index (κ3) is 31.6. The van der Waals surface area contributed by atoms with E-state index < -0.39 is 0 Å². The van der Waals surface area contributed by atoms with Gasteiger partial charge in [0, 0.05) is 0 Å². The molecule has 0 unspecified atom stereocenters. The number of hydrogen-bond acceptors (Lipinski definition) is 0. The van der Waals surface area contributed by atoms with Crippen LogP contribution in [-0.2, 0) is 26.2 Å². The maximum absolute atomic E-state index is 3.60. The topological polar surface area (TPSA) is 0 Å². The summed E-state index contributed by atoms with van der Waals surface area (Å²) in [6.07, 6.45) is 2.28. The molecule has 77 valence electrons. The molecule has 0 bridgehead atoms. The van der Waals surface area contributed by atoms with Gasteiger partial charge in [-0.05, 0) is 0 Å². The van der Waals surface area contributed by atoms with Crippen LogP contribution in [0.4, 0.5) is 0 Å². The van der Waals surface area contributed by atoms with Gasteiger partial charge in [0.25, 0.3) is 0 Å². The Hall–Kier alpha value is 1.67. The van der Waals surface area contributed by atoms with E-state index >= 15 is 0 Å². The Balaban J connectivity index is -0.0000000256. The third-order valence-electron chi connectivity index (χ3n) is 0.909. The molecule has 1 radical (unpaired) electrons. The van der Waals surface area contributed by atoms with Crippen LogP contribution in [0.1, 0.15) is 19.8 Å². The van der Waals surface area contributed by atoms with Crippen molar-refractivity contribution in [3.8, 4) is 0 Å². The number of halogens is 3. The molecule has 0 saturated heterocycles. The Kier molecular flexibility index (Phi) is 65.8. The van der Waals surface area contributed by atoms with Crippen LogP contribution in [0.15, 0.2) is 30.3 Å². The average Bonchev–Trinajstić information content (AvgIpc) is 2.43. The van der Waals surface area contributed by atoms with Gasteiger partial charge < -0.3 is 57.9 Å². The zero-order valence-electron chi connectivity index (χ0n) is 7.64. The largest absolute Gasteiger partial charge is 3.00 e. The second kappa shape index (κ2) is 29.2. The molecular formula is C9H14Br3Zr-2. The monoisotopic (exact) mass is 449 g/mol. The molecule has 1 aromatic carbocycles. The van der Waals surface area contributed by atoms with Crippen LogP contribution in [0.3, 0.4) is 0 Å². The van der Waals surface area contributed by atoms with Gasteiger partial charge in [-0.25, -0.2) is 12.1 Å². The zero-order valence-corrected chi connectivity index (χ0v) is 14.9. The molecule has 0 aromatic heterocycles. The molecule has 0 aliphatic heterocycles. The first-order valence-electron chi connectivity index (χ1n) is 3.37. The van der Waals surface area contributed by atoms with Crippen molar-refractivity contribution < 1.29 is 77.1 Å². The summed E-state index contributed by atoms with van der Waals surface area (Å²) in [6, 6.07) is 10.0. The van der Waals surface area contributed by atoms with Crippen LogP contribution >= 0.6 is 0 Å². The maximum Gasteiger partial charge on any atom is 3.00 e. The van der Waals surface area contributed by atoms with E-state index in [1.165, 1.54) is 6.42 Å². The maximum atomic E-state index is 3.60. The molecule has 0 spiro atoms. The summed E-state index contributed by atoms with van der Waals surface area (Å²) in [7, 11) is 0.